The molecular formula is C20H23BrFN3O3S. The average molecular weight is 484 g/mol. The summed E-state index contributed by atoms with van der Waals surface area (Å²) in [7, 11) is -3.13. The van der Waals surface area contributed by atoms with Crippen molar-refractivity contribution in [2.24, 2.45) is 0 Å². The van der Waals surface area contributed by atoms with E-state index in [-0.39, 0.29) is 17.3 Å². The van der Waals surface area contributed by atoms with Crippen LogP contribution in [-0.4, -0.2) is 55.5 Å². The Hall–Kier alpha value is -1.81. The van der Waals surface area contributed by atoms with Gasteiger partial charge in [-0.2, -0.15) is 4.31 Å². The molecular weight excluding hydrogens is 461 g/mol. The Morgan fingerprint density at radius 3 is 2.34 bits per heavy atom. The van der Waals surface area contributed by atoms with Crippen LogP contribution in [-0.2, 0) is 16.6 Å². The molecule has 2 aromatic rings. The van der Waals surface area contributed by atoms with Crippen LogP contribution in [0.4, 0.5) is 10.1 Å². The topological polar surface area (TPSA) is 69.7 Å². The molecule has 9 heteroatoms. The molecule has 0 bridgehead atoms. The molecule has 0 aliphatic carbocycles. The third kappa shape index (κ3) is 5.63. The molecule has 2 aromatic carbocycles. The number of halogens is 2. The first-order valence-corrected chi connectivity index (χ1v) is 11.7. The number of rotatable bonds is 6. The van der Waals surface area contributed by atoms with Crippen molar-refractivity contribution in [3.8, 4) is 0 Å². The van der Waals surface area contributed by atoms with Crippen molar-refractivity contribution in [1.82, 2.24) is 9.21 Å². The number of carbonyl (C=O) groups excluding carboxylic acids is 1. The molecule has 156 valence electrons. The molecule has 1 heterocycles. The maximum atomic E-state index is 13.9. The highest BCUT2D eigenvalue weighted by Crippen LogP contribution is 2.20. The van der Waals surface area contributed by atoms with Gasteiger partial charge in [0.1, 0.15) is 5.82 Å². The van der Waals surface area contributed by atoms with Gasteiger partial charge in [0.05, 0.1) is 11.4 Å². The maximum Gasteiger partial charge on any atom is 0.255 e. The lowest BCUT2D eigenvalue weighted by atomic mass is 10.1. The van der Waals surface area contributed by atoms with E-state index in [9.17, 15) is 17.6 Å². The lowest BCUT2D eigenvalue weighted by Crippen LogP contribution is -2.48. The summed E-state index contributed by atoms with van der Waals surface area (Å²) in [4.78, 5) is 14.5. The molecule has 1 fully saturated rings. The minimum Gasteiger partial charge on any atom is -0.319 e. The summed E-state index contributed by atoms with van der Waals surface area (Å²) in [6, 6.07) is 11.6. The lowest BCUT2D eigenvalue weighted by Gasteiger charge is -2.33. The second-order valence-electron chi connectivity index (χ2n) is 6.85. The molecule has 0 saturated carbocycles. The number of hydrogen-bond donors (Lipinski definition) is 1. The van der Waals surface area contributed by atoms with Crippen molar-refractivity contribution >= 4 is 37.5 Å². The van der Waals surface area contributed by atoms with E-state index >= 15 is 0 Å². The van der Waals surface area contributed by atoms with Gasteiger partial charge in [0.2, 0.25) is 10.0 Å². The number of nitrogens with one attached hydrogen (secondary N) is 1. The van der Waals surface area contributed by atoms with Crippen LogP contribution in [0.25, 0.3) is 0 Å². The minimum atomic E-state index is -3.13. The van der Waals surface area contributed by atoms with Gasteiger partial charge in [0, 0.05) is 42.8 Å². The van der Waals surface area contributed by atoms with E-state index in [1.54, 1.807) is 25.1 Å². The molecule has 1 N–H and O–H groups in total. The molecule has 6 nitrogen and oxygen atoms in total. The molecule has 0 unspecified atom stereocenters. The monoisotopic (exact) mass is 483 g/mol. The van der Waals surface area contributed by atoms with Crippen LogP contribution < -0.4 is 5.32 Å². The van der Waals surface area contributed by atoms with Crippen molar-refractivity contribution in [3.05, 3.63) is 63.9 Å². The number of anilines is 1. The van der Waals surface area contributed by atoms with Gasteiger partial charge in [0.15, 0.2) is 0 Å². The van der Waals surface area contributed by atoms with Gasteiger partial charge < -0.3 is 5.32 Å². The van der Waals surface area contributed by atoms with Crippen molar-refractivity contribution in [2.75, 3.05) is 37.2 Å². The fourth-order valence-corrected chi connectivity index (χ4v) is 4.57. The number of hydrogen-bond acceptors (Lipinski definition) is 4. The van der Waals surface area contributed by atoms with E-state index < -0.39 is 15.8 Å². The Bertz CT molecular complexity index is 975. The number of sulfonamides is 1. The van der Waals surface area contributed by atoms with Gasteiger partial charge in [0.25, 0.3) is 5.91 Å². The van der Waals surface area contributed by atoms with Crippen molar-refractivity contribution in [2.45, 2.75) is 13.5 Å². The van der Waals surface area contributed by atoms with Crippen molar-refractivity contribution in [1.29, 1.82) is 0 Å². The second kappa shape index (κ2) is 9.34. The maximum absolute atomic E-state index is 13.9. The summed E-state index contributed by atoms with van der Waals surface area (Å²) in [6.07, 6.45) is 0. The Kier molecular flexibility index (Phi) is 7.05. The smallest absolute Gasteiger partial charge is 0.255 e. The zero-order valence-electron chi connectivity index (χ0n) is 16.1. The van der Waals surface area contributed by atoms with Crippen LogP contribution in [0.15, 0.2) is 46.9 Å². The fraction of sp³-hybridized carbons (Fsp3) is 0.350. The third-order valence-electron chi connectivity index (χ3n) is 4.89. The Morgan fingerprint density at radius 1 is 1.10 bits per heavy atom. The van der Waals surface area contributed by atoms with E-state index in [2.05, 4.69) is 26.1 Å². The van der Waals surface area contributed by atoms with Crippen LogP contribution in [0.5, 0.6) is 0 Å². The summed E-state index contributed by atoms with van der Waals surface area (Å²) in [6.45, 7) is 4.67. The molecule has 0 atom stereocenters. The first kappa shape index (κ1) is 21.9. The molecule has 0 radical (unpaired) electrons. The SMILES string of the molecule is CCS(=O)(=O)N1CCN(Cc2ccc(C(=O)Nc3ccc(Br)cc3F)cc2)CC1. The molecule has 0 aromatic heterocycles. The summed E-state index contributed by atoms with van der Waals surface area (Å²) >= 11 is 3.18. The summed E-state index contributed by atoms with van der Waals surface area (Å²) < 4.78 is 39.9. The predicted octanol–water partition coefficient (Wildman–Crippen LogP) is 3.31. The summed E-state index contributed by atoms with van der Waals surface area (Å²) in [5, 5.41) is 2.57. The molecule has 1 saturated heterocycles. The third-order valence-corrected chi connectivity index (χ3v) is 7.27. The van der Waals surface area contributed by atoms with Gasteiger partial charge in [-0.05, 0) is 42.8 Å². The quantitative estimate of drug-likeness (QED) is 0.684. The zero-order valence-corrected chi connectivity index (χ0v) is 18.5. The first-order chi connectivity index (χ1) is 13.8. The summed E-state index contributed by atoms with van der Waals surface area (Å²) in [5.74, 6) is -0.759. The highest BCUT2D eigenvalue weighted by molar-refractivity contribution is 9.10. The largest absolute Gasteiger partial charge is 0.319 e. The number of carbonyl (C=O) groups is 1. The lowest BCUT2D eigenvalue weighted by molar-refractivity contribution is 0.102. The van der Waals surface area contributed by atoms with Gasteiger partial charge in [-0.15, -0.1) is 0 Å². The van der Waals surface area contributed by atoms with E-state index in [0.717, 1.165) is 5.56 Å². The molecule has 29 heavy (non-hydrogen) atoms. The standard InChI is InChI=1S/C20H23BrFN3O3S/c1-2-29(27,28)25-11-9-24(10-12-25)14-15-3-5-16(6-4-15)20(26)23-19-8-7-17(21)13-18(19)22/h3-8,13H,2,9-12,14H2,1H3,(H,23,26). The average Bonchev–Trinajstić information content (AvgIpc) is 2.71. The molecule has 0 spiro atoms. The Balaban J connectivity index is 1.56. The van der Waals surface area contributed by atoms with Gasteiger partial charge >= 0.3 is 0 Å². The first-order valence-electron chi connectivity index (χ1n) is 9.34. The highest BCUT2D eigenvalue weighted by atomic mass is 79.9. The van der Waals surface area contributed by atoms with E-state index in [0.29, 0.717) is 42.8 Å². The molecule has 1 amide bonds. The van der Waals surface area contributed by atoms with Crippen LogP contribution in [0.3, 0.4) is 0 Å². The highest BCUT2D eigenvalue weighted by Gasteiger charge is 2.25. The molecule has 3 rings (SSSR count). The normalized spacial score (nSPS) is 16.0. The van der Waals surface area contributed by atoms with Crippen LogP contribution >= 0.6 is 15.9 Å². The predicted molar refractivity (Wildman–Crippen MR) is 115 cm³/mol. The van der Waals surface area contributed by atoms with E-state index in [1.165, 1.54) is 16.4 Å². The molecule has 1 aliphatic heterocycles. The molecule has 1 aliphatic rings. The number of benzene rings is 2. The van der Waals surface area contributed by atoms with Crippen LogP contribution in [0, 0.1) is 5.82 Å². The second-order valence-corrected chi connectivity index (χ2v) is 10.0. The number of amides is 1. The van der Waals surface area contributed by atoms with Crippen molar-refractivity contribution in [3.63, 3.8) is 0 Å². The van der Waals surface area contributed by atoms with Gasteiger partial charge in [-0.25, -0.2) is 12.8 Å². The fourth-order valence-electron chi connectivity index (χ4n) is 3.15. The van der Waals surface area contributed by atoms with E-state index in [4.69, 9.17) is 0 Å². The van der Waals surface area contributed by atoms with Crippen LogP contribution in [0.1, 0.15) is 22.8 Å². The summed E-state index contributed by atoms with van der Waals surface area (Å²) in [5.41, 5.74) is 1.60. The number of nitrogens with zero attached hydrogens (tertiary/aromatic N) is 2. The zero-order chi connectivity index (χ0) is 21.0. The van der Waals surface area contributed by atoms with Gasteiger partial charge in [-0.3, -0.25) is 9.69 Å². The Labute approximate surface area is 178 Å². The minimum absolute atomic E-state index is 0.126. The number of piperazine rings is 1. The van der Waals surface area contributed by atoms with E-state index in [1.807, 2.05) is 12.1 Å². The van der Waals surface area contributed by atoms with Crippen LogP contribution in [0.2, 0.25) is 0 Å². The van der Waals surface area contributed by atoms with Crippen molar-refractivity contribution < 1.29 is 17.6 Å². The Morgan fingerprint density at radius 2 is 1.76 bits per heavy atom. The van der Waals surface area contributed by atoms with Gasteiger partial charge in [-0.1, -0.05) is 28.1 Å².